The fraction of sp³-hybridized carbons (Fsp3) is 0.370. The van der Waals surface area contributed by atoms with Gasteiger partial charge in [0, 0.05) is 13.0 Å². The summed E-state index contributed by atoms with van der Waals surface area (Å²) in [6.45, 7) is 3.30. The second-order valence-corrected chi connectivity index (χ2v) is 9.45. The highest BCUT2D eigenvalue weighted by Gasteiger charge is 2.34. The van der Waals surface area contributed by atoms with E-state index in [1.807, 2.05) is 30.3 Å². The second kappa shape index (κ2) is 12.7. The largest absolute Gasteiger partial charge is 0.493 e. The Labute approximate surface area is 220 Å². The Balaban J connectivity index is 1.86. The third-order valence-corrected chi connectivity index (χ3v) is 5.93. The maximum atomic E-state index is 13.1. The molecular formula is C27H32N4O7. The fourth-order valence-electron chi connectivity index (χ4n) is 3.84. The Kier molecular flexibility index (Phi) is 9.42. The zero-order chi connectivity index (χ0) is 27.7. The monoisotopic (exact) mass is 524 g/mol. The summed E-state index contributed by atoms with van der Waals surface area (Å²) in [6.07, 6.45) is 0.0151. The van der Waals surface area contributed by atoms with Crippen molar-refractivity contribution in [1.82, 2.24) is 21.3 Å². The molecule has 202 valence electrons. The van der Waals surface area contributed by atoms with Crippen LogP contribution in [0.5, 0.6) is 5.75 Å². The number of carboxylic acids is 1. The van der Waals surface area contributed by atoms with Crippen LogP contribution in [0.15, 0.2) is 54.6 Å². The summed E-state index contributed by atoms with van der Waals surface area (Å²) in [5.74, 6) is -3.71. The van der Waals surface area contributed by atoms with Crippen molar-refractivity contribution in [3.05, 3.63) is 65.7 Å². The molecule has 5 N–H and O–H groups in total. The Morgan fingerprint density at radius 3 is 2.39 bits per heavy atom. The quantitative estimate of drug-likeness (QED) is 0.396. The maximum absolute atomic E-state index is 13.1. The van der Waals surface area contributed by atoms with Gasteiger partial charge in [-0.15, -0.1) is 0 Å². The number of carboxylic acid groups (broad SMARTS) is 1. The van der Waals surface area contributed by atoms with E-state index in [-0.39, 0.29) is 30.9 Å². The highest BCUT2D eigenvalue weighted by atomic mass is 16.5. The zero-order valence-corrected chi connectivity index (χ0v) is 21.3. The number of para-hydroxylation sites is 1. The van der Waals surface area contributed by atoms with E-state index in [0.717, 1.165) is 5.56 Å². The van der Waals surface area contributed by atoms with Crippen LogP contribution < -0.4 is 26.0 Å². The first-order chi connectivity index (χ1) is 18.1. The molecule has 1 unspecified atom stereocenters. The Morgan fingerprint density at radius 1 is 1.00 bits per heavy atom. The molecule has 0 saturated heterocycles. The highest BCUT2D eigenvalue weighted by molar-refractivity contribution is 6.00. The van der Waals surface area contributed by atoms with Crippen LogP contribution in [0, 0.1) is 0 Å². The van der Waals surface area contributed by atoms with Crippen LogP contribution in [-0.4, -0.2) is 65.5 Å². The van der Waals surface area contributed by atoms with Crippen molar-refractivity contribution >= 4 is 29.6 Å². The minimum atomic E-state index is -1.55. The van der Waals surface area contributed by atoms with Crippen molar-refractivity contribution in [2.24, 2.45) is 0 Å². The van der Waals surface area contributed by atoms with Gasteiger partial charge in [0.15, 0.2) is 0 Å². The predicted octanol–water partition coefficient (Wildman–Crippen LogP) is 0.781. The van der Waals surface area contributed by atoms with Gasteiger partial charge in [0.1, 0.15) is 23.4 Å². The van der Waals surface area contributed by atoms with Crippen LogP contribution >= 0.6 is 0 Å². The first-order valence-corrected chi connectivity index (χ1v) is 12.3. The Bertz CT molecular complexity index is 1180. The van der Waals surface area contributed by atoms with Crippen molar-refractivity contribution < 1.29 is 33.8 Å². The van der Waals surface area contributed by atoms with Gasteiger partial charge in [-0.25, -0.2) is 4.79 Å². The summed E-state index contributed by atoms with van der Waals surface area (Å²) in [5, 5.41) is 20.0. The number of amides is 4. The lowest BCUT2D eigenvalue weighted by molar-refractivity contribution is -0.142. The molecule has 0 spiro atoms. The van der Waals surface area contributed by atoms with Gasteiger partial charge in [-0.3, -0.25) is 19.2 Å². The van der Waals surface area contributed by atoms with E-state index in [0.29, 0.717) is 6.42 Å². The molecule has 4 amide bonds. The van der Waals surface area contributed by atoms with Gasteiger partial charge in [0.25, 0.3) is 5.91 Å². The normalized spacial score (nSPS) is 21.2. The standard InChI is InChI=1S/C27H32N4O7/c1-27(2)26(37)30-19(15-17-9-4-3-5-10-17)24(34)28-13-8-14-38-21-12-7-6-11-18(21)23(33)29-20(25(35)36)16-22(32)31-27/h3-7,9-12,19-20H,8,13-16H2,1-2H3,(H,28,34)(H,29,33)(H,30,37)(H,31,32)(H,35,36)/t19?,20-/m0/s1. The summed E-state index contributed by atoms with van der Waals surface area (Å²) in [6, 6.07) is 13.0. The molecule has 1 heterocycles. The van der Waals surface area contributed by atoms with Crippen LogP contribution in [0.4, 0.5) is 0 Å². The molecule has 1 aliphatic heterocycles. The number of hydrogen-bond acceptors (Lipinski definition) is 6. The SMILES string of the molecule is CC1(C)NC(=O)C[C@@H](C(=O)O)NC(=O)c2ccccc2OCCCNC(=O)C(Cc2ccccc2)NC1=O. The van der Waals surface area contributed by atoms with Crippen molar-refractivity contribution in [2.75, 3.05) is 13.2 Å². The minimum Gasteiger partial charge on any atom is -0.493 e. The molecule has 0 radical (unpaired) electrons. The van der Waals surface area contributed by atoms with Crippen molar-refractivity contribution in [2.45, 2.75) is 50.7 Å². The number of carbonyl (C=O) groups is 5. The molecule has 2 aromatic carbocycles. The number of ether oxygens (including phenoxy) is 1. The molecule has 11 heteroatoms. The number of fused-ring (bicyclic) bond motifs is 1. The molecule has 0 fully saturated rings. The van der Waals surface area contributed by atoms with Crippen LogP contribution in [0.25, 0.3) is 0 Å². The van der Waals surface area contributed by atoms with Crippen molar-refractivity contribution in [3.63, 3.8) is 0 Å². The molecule has 0 aliphatic carbocycles. The average molecular weight is 525 g/mol. The third-order valence-electron chi connectivity index (χ3n) is 5.93. The third kappa shape index (κ3) is 7.79. The minimum absolute atomic E-state index is 0.104. The first-order valence-electron chi connectivity index (χ1n) is 12.3. The second-order valence-electron chi connectivity index (χ2n) is 9.45. The first kappa shape index (κ1) is 28.2. The van der Waals surface area contributed by atoms with Crippen LogP contribution in [0.3, 0.4) is 0 Å². The number of nitrogens with one attached hydrogen (secondary N) is 4. The summed E-state index contributed by atoms with van der Waals surface area (Å²) >= 11 is 0. The highest BCUT2D eigenvalue weighted by Crippen LogP contribution is 2.18. The molecule has 38 heavy (non-hydrogen) atoms. The lowest BCUT2D eigenvalue weighted by Gasteiger charge is -2.29. The molecule has 0 aromatic heterocycles. The van der Waals surface area contributed by atoms with Gasteiger partial charge < -0.3 is 31.1 Å². The smallest absolute Gasteiger partial charge is 0.326 e. The van der Waals surface area contributed by atoms with Gasteiger partial charge in [-0.05, 0) is 38.0 Å². The molecular weight excluding hydrogens is 492 g/mol. The zero-order valence-electron chi connectivity index (χ0n) is 21.3. The average Bonchev–Trinajstić information content (AvgIpc) is 2.87. The number of benzene rings is 2. The van der Waals surface area contributed by atoms with E-state index >= 15 is 0 Å². The van der Waals surface area contributed by atoms with E-state index in [9.17, 15) is 29.1 Å². The molecule has 0 bridgehead atoms. The van der Waals surface area contributed by atoms with Gasteiger partial charge in [0.2, 0.25) is 17.7 Å². The summed E-state index contributed by atoms with van der Waals surface area (Å²) in [7, 11) is 0. The lowest BCUT2D eigenvalue weighted by Crippen LogP contribution is -2.60. The summed E-state index contributed by atoms with van der Waals surface area (Å²) < 4.78 is 5.71. The topological polar surface area (TPSA) is 163 Å². The fourth-order valence-corrected chi connectivity index (χ4v) is 3.84. The molecule has 11 nitrogen and oxygen atoms in total. The van der Waals surface area contributed by atoms with E-state index in [4.69, 9.17) is 4.74 Å². The molecule has 2 aromatic rings. The van der Waals surface area contributed by atoms with Crippen LogP contribution in [-0.2, 0) is 25.6 Å². The Hall–Kier alpha value is -4.41. The number of carbonyl (C=O) groups excluding carboxylic acids is 4. The van der Waals surface area contributed by atoms with Gasteiger partial charge in [-0.1, -0.05) is 42.5 Å². The molecule has 0 saturated carbocycles. The van der Waals surface area contributed by atoms with Crippen molar-refractivity contribution in [3.8, 4) is 5.75 Å². The van der Waals surface area contributed by atoms with Crippen LogP contribution in [0.1, 0.15) is 42.6 Å². The van der Waals surface area contributed by atoms with E-state index in [1.165, 1.54) is 19.9 Å². The molecule has 2 atom stereocenters. The van der Waals surface area contributed by atoms with Gasteiger partial charge in [0.05, 0.1) is 18.6 Å². The maximum Gasteiger partial charge on any atom is 0.326 e. The number of rotatable bonds is 3. The number of hydrogen-bond donors (Lipinski definition) is 5. The lowest BCUT2D eigenvalue weighted by atomic mass is 10.00. The van der Waals surface area contributed by atoms with Crippen LogP contribution in [0.2, 0.25) is 0 Å². The predicted molar refractivity (Wildman–Crippen MR) is 137 cm³/mol. The van der Waals surface area contributed by atoms with Gasteiger partial charge in [-0.2, -0.15) is 0 Å². The molecule has 3 rings (SSSR count). The van der Waals surface area contributed by atoms with Gasteiger partial charge >= 0.3 is 5.97 Å². The van der Waals surface area contributed by atoms with E-state index < -0.39 is 53.6 Å². The van der Waals surface area contributed by atoms with E-state index in [1.54, 1.807) is 18.2 Å². The number of aliphatic carboxylic acids is 1. The van der Waals surface area contributed by atoms with E-state index in [2.05, 4.69) is 21.3 Å². The summed E-state index contributed by atoms with van der Waals surface area (Å²) in [4.78, 5) is 63.5. The Morgan fingerprint density at radius 2 is 1.68 bits per heavy atom. The van der Waals surface area contributed by atoms with Crippen molar-refractivity contribution in [1.29, 1.82) is 0 Å². The summed E-state index contributed by atoms with van der Waals surface area (Å²) in [5.41, 5.74) is -0.547. The molecule has 1 aliphatic rings.